The first-order chi connectivity index (χ1) is 12.5. The first-order valence-corrected chi connectivity index (χ1v) is 10.4. The lowest BCUT2D eigenvalue weighted by Gasteiger charge is -2.35. The number of aryl methyl sites for hydroxylation is 1. The molecule has 2 rings (SSSR count). The van der Waals surface area contributed by atoms with E-state index in [0.717, 1.165) is 48.4 Å². The maximum Gasteiger partial charge on any atom is 0.308 e. The number of carbonyl (C=O) groups is 1. The van der Waals surface area contributed by atoms with E-state index >= 15 is 0 Å². The van der Waals surface area contributed by atoms with Crippen molar-refractivity contribution < 1.29 is 14.3 Å². The molecule has 3 nitrogen and oxygen atoms in total. The number of ether oxygens (including phenoxy) is 2. The summed E-state index contributed by atoms with van der Waals surface area (Å²) in [7, 11) is 0. The number of halogens is 1. The van der Waals surface area contributed by atoms with Crippen molar-refractivity contribution in [3.05, 3.63) is 34.3 Å². The molecule has 1 fully saturated rings. The highest BCUT2D eigenvalue weighted by Crippen LogP contribution is 2.31. The molecule has 1 aliphatic carbocycles. The molecule has 1 aromatic rings. The second-order valence-corrected chi connectivity index (χ2v) is 8.15. The maximum atomic E-state index is 12.1. The van der Waals surface area contributed by atoms with Crippen molar-refractivity contribution in [1.82, 2.24) is 0 Å². The summed E-state index contributed by atoms with van der Waals surface area (Å²) in [6, 6.07) is 5.98. The minimum atomic E-state index is -0.0255. The Morgan fingerprint density at radius 1 is 1.27 bits per heavy atom. The highest BCUT2D eigenvalue weighted by molar-refractivity contribution is 6.31. The van der Waals surface area contributed by atoms with Crippen molar-refractivity contribution in [2.24, 2.45) is 11.8 Å². The highest BCUT2D eigenvalue weighted by atomic mass is 35.5. The lowest BCUT2D eigenvalue weighted by molar-refractivity contribution is -0.162. The first-order valence-electron chi connectivity index (χ1n) is 10.0. The predicted octanol–water partition coefficient (Wildman–Crippen LogP) is 6.09. The van der Waals surface area contributed by atoms with Crippen LogP contribution in [0.4, 0.5) is 0 Å². The zero-order valence-electron chi connectivity index (χ0n) is 16.4. The lowest BCUT2D eigenvalue weighted by Crippen LogP contribution is -2.36. The van der Waals surface area contributed by atoms with Crippen LogP contribution in [0.3, 0.4) is 0 Å². The summed E-state index contributed by atoms with van der Waals surface area (Å²) in [6.45, 7) is 7.52. The van der Waals surface area contributed by atoms with Gasteiger partial charge in [-0.25, -0.2) is 0 Å². The average Bonchev–Trinajstić information content (AvgIpc) is 2.59. The van der Waals surface area contributed by atoms with Gasteiger partial charge >= 0.3 is 5.97 Å². The van der Waals surface area contributed by atoms with E-state index in [1.807, 2.05) is 26.0 Å². The van der Waals surface area contributed by atoms with E-state index in [1.165, 1.54) is 19.3 Å². The molecule has 0 aromatic heterocycles. The van der Waals surface area contributed by atoms with Gasteiger partial charge < -0.3 is 9.47 Å². The molecule has 0 heterocycles. The highest BCUT2D eigenvalue weighted by Gasteiger charge is 2.33. The van der Waals surface area contributed by atoms with Crippen LogP contribution in [0.25, 0.3) is 0 Å². The van der Waals surface area contributed by atoms with Crippen molar-refractivity contribution in [2.45, 2.75) is 78.4 Å². The zero-order valence-corrected chi connectivity index (χ0v) is 17.2. The topological polar surface area (TPSA) is 35.5 Å². The number of esters is 1. The van der Waals surface area contributed by atoms with E-state index in [1.54, 1.807) is 0 Å². The number of carbonyl (C=O) groups excluding carboxylic acids is 1. The van der Waals surface area contributed by atoms with Crippen LogP contribution < -0.4 is 0 Å². The fourth-order valence-electron chi connectivity index (χ4n) is 3.32. The summed E-state index contributed by atoms with van der Waals surface area (Å²) >= 11 is 6.04. The van der Waals surface area contributed by atoms with Gasteiger partial charge in [0.25, 0.3) is 0 Å². The minimum Gasteiger partial charge on any atom is -0.462 e. The van der Waals surface area contributed by atoms with Crippen LogP contribution in [0.5, 0.6) is 0 Å². The predicted molar refractivity (Wildman–Crippen MR) is 106 cm³/mol. The fourth-order valence-corrected chi connectivity index (χ4v) is 3.44. The Morgan fingerprint density at radius 3 is 2.73 bits per heavy atom. The normalized spacial score (nSPS) is 20.5. The third kappa shape index (κ3) is 6.92. The second-order valence-electron chi connectivity index (χ2n) is 7.75. The molecular weight excluding hydrogens is 348 g/mol. The van der Waals surface area contributed by atoms with Gasteiger partial charge in [-0.1, -0.05) is 63.3 Å². The van der Waals surface area contributed by atoms with Crippen molar-refractivity contribution in [1.29, 1.82) is 0 Å². The second kappa shape index (κ2) is 10.9. The summed E-state index contributed by atoms with van der Waals surface area (Å²) in [6.07, 6.45) is 7.69. The molecule has 0 saturated heterocycles. The summed E-state index contributed by atoms with van der Waals surface area (Å²) in [4.78, 5) is 12.1. The molecule has 0 amide bonds. The third-order valence-electron chi connectivity index (χ3n) is 5.21. The molecular formula is C22H33ClO3. The van der Waals surface area contributed by atoms with Crippen molar-refractivity contribution in [2.75, 3.05) is 6.61 Å². The molecule has 1 atom stereocenters. The fraction of sp³-hybridized carbons (Fsp3) is 0.682. The molecule has 0 N–H and O–H groups in total. The van der Waals surface area contributed by atoms with Gasteiger partial charge in [-0.2, -0.15) is 0 Å². The van der Waals surface area contributed by atoms with E-state index in [4.69, 9.17) is 21.1 Å². The summed E-state index contributed by atoms with van der Waals surface area (Å²) in [5, 5.41) is 0.789. The number of benzene rings is 1. The van der Waals surface area contributed by atoms with Crippen LogP contribution in [0.15, 0.2) is 18.2 Å². The Morgan fingerprint density at radius 2 is 2.04 bits per heavy atom. The Balaban J connectivity index is 1.55. The summed E-state index contributed by atoms with van der Waals surface area (Å²) in [5.41, 5.74) is 2.22. The zero-order chi connectivity index (χ0) is 18.9. The van der Waals surface area contributed by atoms with Gasteiger partial charge in [-0.05, 0) is 49.3 Å². The Hall–Kier alpha value is -1.06. The number of unbranched alkanes of at least 4 members (excludes halogenated alkanes) is 3. The van der Waals surface area contributed by atoms with Gasteiger partial charge in [0, 0.05) is 5.02 Å². The molecule has 0 bridgehead atoms. The molecule has 4 heteroatoms. The van der Waals surface area contributed by atoms with Gasteiger partial charge in [0.1, 0.15) is 6.10 Å². The molecule has 146 valence electrons. The molecule has 1 saturated carbocycles. The quantitative estimate of drug-likeness (QED) is 0.344. The van der Waals surface area contributed by atoms with E-state index in [9.17, 15) is 4.79 Å². The molecule has 26 heavy (non-hydrogen) atoms. The Bertz CT molecular complexity index is 567. The number of hydrogen-bond acceptors (Lipinski definition) is 3. The van der Waals surface area contributed by atoms with Crippen LogP contribution in [0.2, 0.25) is 5.02 Å². The Labute approximate surface area is 163 Å². The number of hydrogen-bond donors (Lipinski definition) is 0. The monoisotopic (exact) mass is 380 g/mol. The molecule has 1 aliphatic rings. The molecule has 1 aromatic carbocycles. The van der Waals surface area contributed by atoms with E-state index < -0.39 is 0 Å². The summed E-state index contributed by atoms with van der Waals surface area (Å²) < 4.78 is 11.4. The molecule has 1 unspecified atom stereocenters. The number of rotatable bonds is 11. The van der Waals surface area contributed by atoms with Crippen LogP contribution in [-0.2, 0) is 20.9 Å². The van der Waals surface area contributed by atoms with Crippen LogP contribution >= 0.6 is 11.6 Å². The molecule has 0 spiro atoms. The van der Waals surface area contributed by atoms with Crippen molar-refractivity contribution in [3.63, 3.8) is 0 Å². The SMILES string of the molecule is CCCCCCC(C)C(=O)OC1CC(COCc2ccc(Cl)c(C)c2)C1. The van der Waals surface area contributed by atoms with Gasteiger partial charge in [-0.3, -0.25) is 4.79 Å². The molecule has 0 aliphatic heterocycles. The largest absolute Gasteiger partial charge is 0.462 e. The van der Waals surface area contributed by atoms with Gasteiger partial charge in [0.2, 0.25) is 0 Å². The smallest absolute Gasteiger partial charge is 0.308 e. The first kappa shape index (κ1) is 21.2. The van der Waals surface area contributed by atoms with Gasteiger partial charge in [0.15, 0.2) is 0 Å². The molecule has 0 radical (unpaired) electrons. The average molecular weight is 381 g/mol. The van der Waals surface area contributed by atoms with E-state index in [-0.39, 0.29) is 18.0 Å². The van der Waals surface area contributed by atoms with E-state index in [2.05, 4.69) is 13.0 Å². The third-order valence-corrected chi connectivity index (χ3v) is 5.64. The van der Waals surface area contributed by atoms with Gasteiger partial charge in [0.05, 0.1) is 19.1 Å². The van der Waals surface area contributed by atoms with Gasteiger partial charge in [-0.15, -0.1) is 0 Å². The van der Waals surface area contributed by atoms with Crippen molar-refractivity contribution in [3.8, 4) is 0 Å². The van der Waals surface area contributed by atoms with E-state index in [0.29, 0.717) is 12.5 Å². The maximum absolute atomic E-state index is 12.1. The van der Waals surface area contributed by atoms with Crippen LogP contribution in [0.1, 0.15) is 69.9 Å². The van der Waals surface area contributed by atoms with Crippen LogP contribution in [-0.4, -0.2) is 18.7 Å². The summed E-state index contributed by atoms with van der Waals surface area (Å²) in [5.74, 6) is 0.499. The van der Waals surface area contributed by atoms with Crippen molar-refractivity contribution >= 4 is 17.6 Å². The minimum absolute atomic E-state index is 0.0234. The van der Waals surface area contributed by atoms with Crippen LogP contribution in [0, 0.1) is 18.8 Å². The Kier molecular flexibility index (Phi) is 8.94. The lowest BCUT2D eigenvalue weighted by atomic mass is 9.83. The standard InChI is InChI=1S/C22H33ClO3/c1-4-5-6-7-8-16(2)22(24)26-20-12-19(13-20)15-25-14-18-9-10-21(23)17(3)11-18/h9-11,16,19-20H,4-8,12-15H2,1-3H3.